The first-order valence-electron chi connectivity index (χ1n) is 10.0. The molecule has 160 valence electrons. The van der Waals surface area contributed by atoms with E-state index in [0.717, 1.165) is 12.8 Å². The van der Waals surface area contributed by atoms with Crippen molar-refractivity contribution < 1.29 is 18.0 Å². The first-order chi connectivity index (χ1) is 14.9. The molecule has 0 radical (unpaired) electrons. The van der Waals surface area contributed by atoms with Gasteiger partial charge in [-0.2, -0.15) is 0 Å². The highest BCUT2D eigenvalue weighted by Gasteiger charge is 2.30. The van der Waals surface area contributed by atoms with Crippen molar-refractivity contribution in [2.75, 3.05) is 10.6 Å². The molecule has 1 aromatic heterocycles. The third-order valence-corrected chi connectivity index (χ3v) is 8.46. The summed E-state index contributed by atoms with van der Waals surface area (Å²) in [7, 11) is -3.42. The lowest BCUT2D eigenvalue weighted by molar-refractivity contribution is 0.102. The minimum absolute atomic E-state index is 0.219. The normalized spacial score (nSPS) is 14.3. The Kier molecular flexibility index (Phi) is 6.20. The Labute approximate surface area is 185 Å². The molecule has 2 amide bonds. The van der Waals surface area contributed by atoms with Crippen LogP contribution in [0.1, 0.15) is 45.7 Å². The van der Waals surface area contributed by atoms with E-state index in [1.807, 2.05) is 0 Å². The number of hydrogen-bond acceptors (Lipinski definition) is 5. The van der Waals surface area contributed by atoms with Gasteiger partial charge in [-0.15, -0.1) is 11.3 Å². The van der Waals surface area contributed by atoms with Gasteiger partial charge in [0, 0.05) is 5.69 Å². The lowest BCUT2D eigenvalue weighted by Gasteiger charge is -2.14. The quantitative estimate of drug-likeness (QED) is 0.550. The van der Waals surface area contributed by atoms with E-state index in [4.69, 9.17) is 0 Å². The monoisotopic (exact) mass is 454 g/mol. The van der Waals surface area contributed by atoms with Crippen LogP contribution >= 0.6 is 11.3 Å². The van der Waals surface area contributed by atoms with Crippen LogP contribution in [0.5, 0.6) is 0 Å². The number of hydrogen-bond donors (Lipinski definition) is 2. The molecule has 0 bridgehead atoms. The molecule has 1 saturated carbocycles. The zero-order valence-corrected chi connectivity index (χ0v) is 18.3. The summed E-state index contributed by atoms with van der Waals surface area (Å²) in [5.74, 6) is -0.725. The molecule has 8 heteroatoms. The number of carbonyl (C=O) groups is 2. The maximum Gasteiger partial charge on any atom is 0.265 e. The van der Waals surface area contributed by atoms with Crippen LogP contribution in [-0.2, 0) is 9.84 Å². The average Bonchev–Trinajstić information content (AvgIpc) is 3.49. The summed E-state index contributed by atoms with van der Waals surface area (Å²) in [6, 6.07) is 16.5. The van der Waals surface area contributed by atoms with Crippen LogP contribution in [-0.4, -0.2) is 25.5 Å². The van der Waals surface area contributed by atoms with E-state index in [-0.39, 0.29) is 21.6 Å². The topological polar surface area (TPSA) is 92.3 Å². The Morgan fingerprint density at radius 1 is 0.871 bits per heavy atom. The van der Waals surface area contributed by atoms with E-state index in [9.17, 15) is 18.0 Å². The Morgan fingerprint density at radius 3 is 2.39 bits per heavy atom. The molecule has 2 N–H and O–H groups in total. The van der Waals surface area contributed by atoms with Crippen molar-refractivity contribution >= 4 is 44.4 Å². The summed E-state index contributed by atoms with van der Waals surface area (Å²) < 4.78 is 25.7. The fourth-order valence-electron chi connectivity index (χ4n) is 3.72. The van der Waals surface area contributed by atoms with Crippen LogP contribution in [0.4, 0.5) is 11.4 Å². The number of carbonyl (C=O) groups excluding carboxylic acids is 2. The van der Waals surface area contributed by atoms with Crippen molar-refractivity contribution in [1.82, 2.24) is 0 Å². The molecule has 0 spiro atoms. The summed E-state index contributed by atoms with van der Waals surface area (Å²) in [5, 5.41) is 6.98. The van der Waals surface area contributed by atoms with Crippen molar-refractivity contribution in [3.8, 4) is 0 Å². The van der Waals surface area contributed by atoms with Gasteiger partial charge >= 0.3 is 0 Å². The number of amides is 2. The van der Waals surface area contributed by atoms with Crippen LogP contribution in [0.25, 0.3) is 0 Å². The standard InChI is InChI=1S/C23H22N2O4S2/c26-22(19-11-3-4-12-20(19)25-23(27)21-13-6-14-30-21)24-16-7-5-10-18(15-16)31(28,29)17-8-1-2-9-17/h3-7,10-15,17H,1-2,8-9H2,(H,24,26)(H,25,27). The van der Waals surface area contributed by atoms with Crippen molar-refractivity contribution in [2.45, 2.75) is 35.8 Å². The van der Waals surface area contributed by atoms with Crippen LogP contribution in [0.15, 0.2) is 70.9 Å². The van der Waals surface area contributed by atoms with Gasteiger partial charge in [0.25, 0.3) is 11.8 Å². The molecule has 0 saturated heterocycles. The highest BCUT2D eigenvalue weighted by Crippen LogP contribution is 2.30. The summed E-state index contributed by atoms with van der Waals surface area (Å²) in [4.78, 5) is 26.1. The summed E-state index contributed by atoms with van der Waals surface area (Å²) in [6.45, 7) is 0. The Hall–Kier alpha value is -2.97. The second-order valence-corrected chi connectivity index (χ2v) is 10.6. The minimum atomic E-state index is -3.42. The number of rotatable bonds is 6. The Morgan fingerprint density at radius 2 is 1.65 bits per heavy atom. The van der Waals surface area contributed by atoms with Crippen LogP contribution in [0, 0.1) is 0 Å². The van der Waals surface area contributed by atoms with Gasteiger partial charge in [-0.25, -0.2) is 8.42 Å². The van der Waals surface area contributed by atoms with E-state index in [1.165, 1.54) is 17.4 Å². The molecule has 4 rings (SSSR count). The number of sulfone groups is 1. The van der Waals surface area contributed by atoms with Gasteiger partial charge in [-0.05, 0) is 54.6 Å². The average molecular weight is 455 g/mol. The maximum atomic E-state index is 12.9. The number of para-hydroxylation sites is 1. The van der Waals surface area contributed by atoms with Gasteiger partial charge in [0.2, 0.25) is 0 Å². The van der Waals surface area contributed by atoms with Crippen LogP contribution in [0.2, 0.25) is 0 Å². The number of nitrogens with one attached hydrogen (secondary N) is 2. The van der Waals surface area contributed by atoms with Gasteiger partial charge in [0.1, 0.15) is 0 Å². The largest absolute Gasteiger partial charge is 0.322 e. The lowest BCUT2D eigenvalue weighted by Crippen LogP contribution is -2.19. The van der Waals surface area contributed by atoms with Crippen molar-refractivity contribution in [2.24, 2.45) is 0 Å². The Bertz CT molecular complexity index is 1200. The first kappa shape index (κ1) is 21.3. The van der Waals surface area contributed by atoms with Crippen molar-refractivity contribution in [1.29, 1.82) is 0 Å². The van der Waals surface area contributed by atoms with Gasteiger partial charge in [-0.3, -0.25) is 9.59 Å². The van der Waals surface area contributed by atoms with Crippen molar-refractivity contribution in [3.63, 3.8) is 0 Å². The Balaban J connectivity index is 1.53. The fraction of sp³-hybridized carbons (Fsp3) is 0.217. The molecule has 31 heavy (non-hydrogen) atoms. The summed E-state index contributed by atoms with van der Waals surface area (Å²) >= 11 is 1.31. The SMILES string of the molecule is O=C(Nc1ccccc1C(=O)Nc1cccc(S(=O)(=O)C2CCCC2)c1)c1cccs1. The lowest BCUT2D eigenvalue weighted by atomic mass is 10.1. The number of thiophene rings is 1. The van der Waals surface area contributed by atoms with Gasteiger partial charge in [0.15, 0.2) is 9.84 Å². The van der Waals surface area contributed by atoms with Gasteiger partial charge in [0.05, 0.1) is 26.3 Å². The molecule has 2 aromatic carbocycles. The smallest absolute Gasteiger partial charge is 0.265 e. The maximum absolute atomic E-state index is 12.9. The van der Waals surface area contributed by atoms with Crippen LogP contribution < -0.4 is 10.6 Å². The molecule has 3 aromatic rings. The predicted octanol–water partition coefficient (Wildman–Crippen LogP) is 4.97. The number of anilines is 2. The predicted molar refractivity (Wildman–Crippen MR) is 123 cm³/mol. The highest BCUT2D eigenvalue weighted by atomic mass is 32.2. The van der Waals surface area contributed by atoms with Crippen molar-refractivity contribution in [3.05, 3.63) is 76.5 Å². The van der Waals surface area contributed by atoms with E-state index in [0.29, 0.717) is 29.1 Å². The molecule has 0 unspecified atom stereocenters. The third-order valence-electron chi connectivity index (χ3n) is 5.33. The molecule has 1 aliphatic carbocycles. The zero-order valence-electron chi connectivity index (χ0n) is 16.7. The van der Waals surface area contributed by atoms with Gasteiger partial charge in [-0.1, -0.05) is 37.1 Å². The molecule has 1 aliphatic rings. The first-order valence-corrected chi connectivity index (χ1v) is 12.5. The van der Waals surface area contributed by atoms with E-state index >= 15 is 0 Å². The highest BCUT2D eigenvalue weighted by molar-refractivity contribution is 7.92. The van der Waals surface area contributed by atoms with Crippen LogP contribution in [0.3, 0.4) is 0 Å². The second-order valence-electron chi connectivity index (χ2n) is 7.41. The molecule has 0 atom stereocenters. The van der Waals surface area contributed by atoms with E-state index in [1.54, 1.807) is 60.0 Å². The third kappa shape index (κ3) is 4.70. The zero-order chi connectivity index (χ0) is 21.8. The number of benzene rings is 2. The molecule has 6 nitrogen and oxygen atoms in total. The van der Waals surface area contributed by atoms with E-state index < -0.39 is 15.7 Å². The molecular formula is C23H22N2O4S2. The second kappa shape index (κ2) is 9.03. The molecule has 1 fully saturated rings. The molecule has 1 heterocycles. The van der Waals surface area contributed by atoms with Gasteiger partial charge < -0.3 is 10.6 Å². The summed E-state index contributed by atoms with van der Waals surface area (Å²) in [6.07, 6.45) is 3.20. The summed E-state index contributed by atoms with van der Waals surface area (Å²) in [5.41, 5.74) is 1.06. The minimum Gasteiger partial charge on any atom is -0.322 e. The molecular weight excluding hydrogens is 432 g/mol. The fourth-order valence-corrected chi connectivity index (χ4v) is 6.24. The molecule has 0 aliphatic heterocycles. The van der Waals surface area contributed by atoms with E-state index in [2.05, 4.69) is 10.6 Å².